The summed E-state index contributed by atoms with van der Waals surface area (Å²) in [5.74, 6) is -0.496. The molecule has 0 bridgehead atoms. The second kappa shape index (κ2) is 11.6. The molecule has 0 aliphatic heterocycles. The summed E-state index contributed by atoms with van der Waals surface area (Å²) >= 11 is 8.93. The lowest BCUT2D eigenvalue weighted by Crippen LogP contribution is -2.26. The summed E-state index contributed by atoms with van der Waals surface area (Å²) in [6, 6.07) is 18.4. The van der Waals surface area contributed by atoms with Crippen molar-refractivity contribution in [3.63, 3.8) is 0 Å². The smallest absolute Gasteiger partial charge is 0.344 e. The normalized spacial score (nSPS) is 10.8. The SMILES string of the molecule is Cc1ccccc1NCC(=O)N/N=C\c1cc(Br)cc(Br)c1OC(=O)c1ccccc1I. The first-order chi connectivity index (χ1) is 15.3. The van der Waals surface area contributed by atoms with Crippen LogP contribution in [0.5, 0.6) is 5.75 Å². The Labute approximate surface area is 216 Å². The Morgan fingerprint density at radius 1 is 1.09 bits per heavy atom. The third-order valence-corrected chi connectivity index (χ3v) is 6.29. The monoisotopic (exact) mass is 669 g/mol. The molecule has 0 radical (unpaired) electrons. The van der Waals surface area contributed by atoms with Gasteiger partial charge in [0.05, 0.1) is 22.8 Å². The van der Waals surface area contributed by atoms with E-state index >= 15 is 0 Å². The van der Waals surface area contributed by atoms with Crippen LogP contribution in [-0.2, 0) is 4.79 Å². The van der Waals surface area contributed by atoms with Crippen molar-refractivity contribution >= 4 is 78.2 Å². The summed E-state index contributed by atoms with van der Waals surface area (Å²) < 4.78 is 7.76. The minimum atomic E-state index is -0.487. The molecule has 3 aromatic carbocycles. The van der Waals surface area contributed by atoms with Crippen LogP contribution in [0.3, 0.4) is 0 Å². The number of anilines is 1. The number of amides is 1. The number of aryl methyl sites for hydroxylation is 1. The van der Waals surface area contributed by atoms with E-state index in [4.69, 9.17) is 4.74 Å². The average molecular weight is 671 g/mol. The lowest BCUT2D eigenvalue weighted by Gasteiger charge is -2.11. The molecular formula is C23H18Br2IN3O3. The van der Waals surface area contributed by atoms with Crippen LogP contribution in [0.1, 0.15) is 21.5 Å². The highest BCUT2D eigenvalue weighted by Crippen LogP contribution is 2.33. The average Bonchev–Trinajstić information content (AvgIpc) is 2.75. The number of nitrogens with zero attached hydrogens (tertiary/aromatic N) is 1. The zero-order valence-corrected chi connectivity index (χ0v) is 22.2. The highest BCUT2D eigenvalue weighted by molar-refractivity contribution is 14.1. The standard InChI is InChI=1S/C23H18Br2IN3O3/c1-14-6-2-5-9-20(14)27-13-21(30)29-28-12-15-10-16(24)11-18(25)22(15)32-23(31)17-7-3-4-8-19(17)26/h2-12,27H,13H2,1H3,(H,29,30)/b28-12-. The molecule has 0 saturated carbocycles. The van der Waals surface area contributed by atoms with E-state index in [-0.39, 0.29) is 12.5 Å². The van der Waals surface area contributed by atoms with E-state index < -0.39 is 5.97 Å². The molecule has 0 fully saturated rings. The maximum Gasteiger partial charge on any atom is 0.344 e. The molecule has 0 heterocycles. The van der Waals surface area contributed by atoms with Gasteiger partial charge in [-0.1, -0.05) is 46.3 Å². The number of carbonyl (C=O) groups is 2. The fourth-order valence-electron chi connectivity index (χ4n) is 2.72. The molecule has 0 atom stereocenters. The van der Waals surface area contributed by atoms with Gasteiger partial charge in [0.2, 0.25) is 0 Å². The Kier molecular flexibility index (Phi) is 8.83. The maximum absolute atomic E-state index is 12.7. The van der Waals surface area contributed by atoms with Crippen LogP contribution in [0.4, 0.5) is 5.69 Å². The number of hydrogen-bond acceptors (Lipinski definition) is 5. The maximum atomic E-state index is 12.7. The molecule has 2 N–H and O–H groups in total. The first-order valence-electron chi connectivity index (χ1n) is 9.42. The number of benzene rings is 3. The Morgan fingerprint density at radius 3 is 2.56 bits per heavy atom. The van der Waals surface area contributed by atoms with Crippen LogP contribution < -0.4 is 15.5 Å². The van der Waals surface area contributed by atoms with Crippen molar-refractivity contribution in [3.05, 3.63) is 89.9 Å². The molecule has 9 heteroatoms. The van der Waals surface area contributed by atoms with Crippen molar-refractivity contribution < 1.29 is 14.3 Å². The molecule has 32 heavy (non-hydrogen) atoms. The second-order valence-electron chi connectivity index (χ2n) is 6.64. The minimum absolute atomic E-state index is 0.0681. The van der Waals surface area contributed by atoms with E-state index in [1.807, 2.05) is 43.3 Å². The van der Waals surface area contributed by atoms with Crippen LogP contribution in [0.25, 0.3) is 0 Å². The van der Waals surface area contributed by atoms with Crippen LogP contribution in [0, 0.1) is 10.5 Å². The fraction of sp³-hybridized carbons (Fsp3) is 0.0870. The molecule has 0 unspecified atom stereocenters. The van der Waals surface area contributed by atoms with E-state index in [2.05, 4.69) is 70.3 Å². The van der Waals surface area contributed by atoms with Gasteiger partial charge in [0, 0.05) is 19.3 Å². The molecule has 1 amide bonds. The Bertz CT molecular complexity index is 1180. The van der Waals surface area contributed by atoms with Crippen LogP contribution >= 0.6 is 54.5 Å². The molecule has 3 aromatic rings. The number of para-hydroxylation sites is 1. The van der Waals surface area contributed by atoms with Gasteiger partial charge in [-0.2, -0.15) is 5.10 Å². The van der Waals surface area contributed by atoms with Gasteiger partial charge in [0.25, 0.3) is 5.91 Å². The zero-order valence-electron chi connectivity index (χ0n) is 16.9. The van der Waals surface area contributed by atoms with Crippen molar-refractivity contribution in [1.82, 2.24) is 5.43 Å². The number of hydrogen-bond donors (Lipinski definition) is 2. The van der Waals surface area contributed by atoms with Crippen molar-refractivity contribution in [2.75, 3.05) is 11.9 Å². The molecule has 0 spiro atoms. The summed E-state index contributed by atoms with van der Waals surface area (Å²) in [6.45, 7) is 2.03. The number of esters is 1. The van der Waals surface area contributed by atoms with Crippen molar-refractivity contribution in [2.45, 2.75) is 6.92 Å². The van der Waals surface area contributed by atoms with Crippen molar-refractivity contribution in [2.24, 2.45) is 5.10 Å². The van der Waals surface area contributed by atoms with E-state index in [1.54, 1.807) is 24.3 Å². The molecule has 0 aromatic heterocycles. The van der Waals surface area contributed by atoms with Gasteiger partial charge in [0.1, 0.15) is 0 Å². The first-order valence-corrected chi connectivity index (χ1v) is 12.1. The first kappa shape index (κ1) is 24.4. The van der Waals surface area contributed by atoms with Crippen LogP contribution in [0.15, 0.2) is 74.7 Å². The number of hydrazone groups is 1. The summed E-state index contributed by atoms with van der Waals surface area (Å²) in [5, 5.41) is 7.09. The predicted octanol–water partition coefficient (Wildman–Crippen LogP) is 5.91. The summed E-state index contributed by atoms with van der Waals surface area (Å²) in [6.07, 6.45) is 1.43. The van der Waals surface area contributed by atoms with Gasteiger partial charge >= 0.3 is 5.97 Å². The topological polar surface area (TPSA) is 79.8 Å². The van der Waals surface area contributed by atoms with Gasteiger partial charge in [0.15, 0.2) is 5.75 Å². The zero-order chi connectivity index (χ0) is 23.1. The van der Waals surface area contributed by atoms with E-state index in [9.17, 15) is 9.59 Å². The third kappa shape index (κ3) is 6.63. The van der Waals surface area contributed by atoms with Gasteiger partial charge in [-0.05, 0) is 81.3 Å². The summed E-state index contributed by atoms with van der Waals surface area (Å²) in [7, 11) is 0. The van der Waals surface area contributed by atoms with Crippen molar-refractivity contribution in [1.29, 1.82) is 0 Å². The van der Waals surface area contributed by atoms with Gasteiger partial charge in [-0.15, -0.1) is 0 Å². The Hall–Kier alpha value is -2.24. The molecule has 164 valence electrons. The second-order valence-corrected chi connectivity index (χ2v) is 9.57. The van der Waals surface area contributed by atoms with Gasteiger partial charge in [-0.25, -0.2) is 10.2 Å². The lowest BCUT2D eigenvalue weighted by molar-refractivity contribution is -0.119. The lowest BCUT2D eigenvalue weighted by atomic mass is 10.2. The van der Waals surface area contributed by atoms with E-state index in [1.165, 1.54) is 6.21 Å². The van der Waals surface area contributed by atoms with E-state index in [0.29, 0.717) is 21.3 Å². The number of nitrogens with one attached hydrogen (secondary N) is 2. The quantitative estimate of drug-likeness (QED) is 0.108. The summed E-state index contributed by atoms with van der Waals surface area (Å²) in [5.41, 5.74) is 5.37. The number of halogens is 3. The molecule has 3 rings (SSSR count). The van der Waals surface area contributed by atoms with Crippen molar-refractivity contribution in [3.8, 4) is 5.75 Å². The highest BCUT2D eigenvalue weighted by atomic mass is 127. The Morgan fingerprint density at radius 2 is 1.81 bits per heavy atom. The van der Waals surface area contributed by atoms with Crippen LogP contribution in [0.2, 0.25) is 0 Å². The number of ether oxygens (including phenoxy) is 1. The largest absolute Gasteiger partial charge is 0.421 e. The predicted molar refractivity (Wildman–Crippen MR) is 141 cm³/mol. The molecule has 6 nitrogen and oxygen atoms in total. The van der Waals surface area contributed by atoms with Gasteiger partial charge < -0.3 is 10.1 Å². The number of rotatable bonds is 7. The van der Waals surface area contributed by atoms with Crippen LogP contribution in [-0.4, -0.2) is 24.6 Å². The minimum Gasteiger partial charge on any atom is -0.421 e. The van der Waals surface area contributed by atoms with Gasteiger partial charge in [-0.3, -0.25) is 4.79 Å². The van der Waals surface area contributed by atoms with E-state index in [0.717, 1.165) is 19.3 Å². The Balaban J connectivity index is 1.70. The molecule has 0 aliphatic carbocycles. The fourth-order valence-corrected chi connectivity index (χ4v) is 4.67. The summed E-state index contributed by atoms with van der Waals surface area (Å²) in [4.78, 5) is 24.8. The highest BCUT2D eigenvalue weighted by Gasteiger charge is 2.17. The molecule has 0 saturated heterocycles. The third-order valence-electron chi connectivity index (χ3n) is 4.30. The number of carbonyl (C=O) groups excluding carboxylic acids is 2. The molecular weight excluding hydrogens is 653 g/mol. The molecule has 0 aliphatic rings.